The number of ether oxygens (including phenoxy) is 1. The Labute approximate surface area is 207 Å². The highest BCUT2D eigenvalue weighted by molar-refractivity contribution is 5.94. The highest BCUT2D eigenvalue weighted by atomic mass is 16.5. The summed E-state index contributed by atoms with van der Waals surface area (Å²) in [6.07, 6.45) is 5.03. The van der Waals surface area contributed by atoms with Crippen LogP contribution in [-0.4, -0.2) is 59.3 Å². The number of carboxylic acid groups (broad SMARTS) is 1. The summed E-state index contributed by atoms with van der Waals surface area (Å²) >= 11 is 0. The maximum atomic E-state index is 13.2. The number of rotatable bonds is 9. The molecule has 0 bridgehead atoms. The molecule has 1 saturated carbocycles. The quantitative estimate of drug-likeness (QED) is 0.505. The molecule has 3 N–H and O–H groups in total. The molecule has 0 spiro atoms. The van der Waals surface area contributed by atoms with Crippen molar-refractivity contribution in [1.82, 2.24) is 10.2 Å². The smallest absolute Gasteiger partial charge is 0.339 e. The normalized spacial score (nSPS) is 18.9. The Morgan fingerprint density at radius 1 is 1.06 bits per heavy atom. The van der Waals surface area contributed by atoms with Crippen LogP contribution in [0.1, 0.15) is 65.9 Å². The van der Waals surface area contributed by atoms with Gasteiger partial charge in [-0.2, -0.15) is 0 Å². The van der Waals surface area contributed by atoms with E-state index in [1.807, 2.05) is 11.9 Å². The van der Waals surface area contributed by atoms with Crippen molar-refractivity contribution in [3.05, 3.63) is 65.2 Å². The maximum absolute atomic E-state index is 13.2. The van der Waals surface area contributed by atoms with Crippen LogP contribution in [0.25, 0.3) is 0 Å². The van der Waals surface area contributed by atoms with E-state index in [1.54, 1.807) is 24.3 Å². The highest BCUT2D eigenvalue weighted by Gasteiger charge is 2.46. The van der Waals surface area contributed by atoms with Gasteiger partial charge in [0.2, 0.25) is 0 Å². The van der Waals surface area contributed by atoms with E-state index in [-0.39, 0.29) is 18.4 Å². The van der Waals surface area contributed by atoms with Crippen LogP contribution >= 0.6 is 0 Å². The summed E-state index contributed by atoms with van der Waals surface area (Å²) in [6.45, 7) is 1.88. The van der Waals surface area contributed by atoms with Crippen molar-refractivity contribution >= 4 is 11.9 Å². The molecule has 2 aliphatic rings. The maximum Gasteiger partial charge on any atom is 0.339 e. The number of carbonyl (C=O) groups excluding carboxylic acids is 1. The van der Waals surface area contributed by atoms with Crippen molar-refractivity contribution in [2.24, 2.45) is 5.92 Å². The van der Waals surface area contributed by atoms with Gasteiger partial charge in [0.05, 0.1) is 0 Å². The minimum Gasteiger partial charge on any atom is -0.490 e. The first-order valence-electron chi connectivity index (χ1n) is 12.6. The van der Waals surface area contributed by atoms with Gasteiger partial charge in [-0.05, 0) is 68.0 Å². The number of nitrogens with one attached hydrogen (secondary N) is 1. The van der Waals surface area contributed by atoms with Gasteiger partial charge in [0.15, 0.2) is 5.60 Å². The second-order valence-corrected chi connectivity index (χ2v) is 9.87. The summed E-state index contributed by atoms with van der Waals surface area (Å²) < 4.78 is 5.72. The first-order valence-corrected chi connectivity index (χ1v) is 12.6. The summed E-state index contributed by atoms with van der Waals surface area (Å²) in [7, 11) is 1.94. The summed E-state index contributed by atoms with van der Waals surface area (Å²) in [4.78, 5) is 26.8. The molecule has 1 amide bonds. The van der Waals surface area contributed by atoms with Crippen LogP contribution in [0.15, 0.2) is 48.5 Å². The lowest BCUT2D eigenvalue weighted by atomic mass is 9.86. The van der Waals surface area contributed by atoms with Crippen molar-refractivity contribution in [2.75, 3.05) is 26.7 Å². The number of piperidine rings is 1. The first kappa shape index (κ1) is 25.2. The van der Waals surface area contributed by atoms with Crippen LogP contribution < -0.4 is 10.1 Å². The number of amides is 1. The number of hydrogen-bond donors (Lipinski definition) is 3. The molecule has 1 aliphatic heterocycles. The molecular weight excluding hydrogens is 444 g/mol. The molecule has 1 heterocycles. The van der Waals surface area contributed by atoms with Crippen molar-refractivity contribution in [3.8, 4) is 5.75 Å². The Kier molecular flexibility index (Phi) is 8.08. The van der Waals surface area contributed by atoms with Crippen molar-refractivity contribution in [1.29, 1.82) is 0 Å². The average Bonchev–Trinajstić information content (AvgIpc) is 3.43. The number of aliphatic carboxylic acids is 1. The molecule has 1 aliphatic carbocycles. The minimum atomic E-state index is -1.91. The zero-order chi connectivity index (χ0) is 24.8. The number of aliphatic hydroxyl groups is 1. The van der Waals surface area contributed by atoms with E-state index < -0.39 is 11.6 Å². The molecule has 1 unspecified atom stereocenters. The van der Waals surface area contributed by atoms with E-state index >= 15 is 0 Å². The molecular formula is C28H36N2O5. The van der Waals surface area contributed by atoms with Crippen LogP contribution in [0.4, 0.5) is 0 Å². The largest absolute Gasteiger partial charge is 0.490 e. The molecule has 4 rings (SSSR count). The summed E-state index contributed by atoms with van der Waals surface area (Å²) in [5, 5.41) is 23.6. The van der Waals surface area contributed by atoms with Crippen LogP contribution in [0.2, 0.25) is 0 Å². The molecule has 7 nitrogen and oxygen atoms in total. The third-order valence-electron chi connectivity index (χ3n) is 7.53. The van der Waals surface area contributed by atoms with Crippen LogP contribution in [0.3, 0.4) is 0 Å². The monoisotopic (exact) mass is 480 g/mol. The van der Waals surface area contributed by atoms with Gasteiger partial charge in [0.1, 0.15) is 12.4 Å². The molecule has 7 heteroatoms. The lowest BCUT2D eigenvalue weighted by Crippen LogP contribution is -2.50. The molecule has 2 fully saturated rings. The standard InChI is InChI=1S/C28H36N2O5/c1-29-18-20-6-4-7-22(16-20)21-12-14-30(15-13-21)26(31)23-8-5-11-25(17-23)35-19-28(34,27(32)33)24-9-2-3-10-24/h4-8,11,16-17,21,24,29,34H,2-3,9-10,12-15,18-19H2,1H3,(H,32,33). The number of carboxylic acids is 1. The number of hydrogen-bond acceptors (Lipinski definition) is 5. The second-order valence-electron chi connectivity index (χ2n) is 9.87. The van der Waals surface area contributed by atoms with Gasteiger partial charge in [0.25, 0.3) is 5.91 Å². The lowest BCUT2D eigenvalue weighted by Gasteiger charge is -2.32. The van der Waals surface area contributed by atoms with Gasteiger partial charge in [-0.15, -0.1) is 0 Å². The number of benzene rings is 2. The van der Waals surface area contributed by atoms with Crippen molar-refractivity contribution in [3.63, 3.8) is 0 Å². The zero-order valence-corrected chi connectivity index (χ0v) is 20.4. The molecule has 35 heavy (non-hydrogen) atoms. The molecule has 0 aromatic heterocycles. The Morgan fingerprint density at radius 3 is 2.46 bits per heavy atom. The fourth-order valence-corrected chi connectivity index (χ4v) is 5.43. The van der Waals surface area contributed by atoms with E-state index in [4.69, 9.17) is 4.74 Å². The van der Waals surface area contributed by atoms with E-state index in [9.17, 15) is 19.8 Å². The number of carbonyl (C=O) groups is 2. The SMILES string of the molecule is CNCc1cccc(C2CCN(C(=O)c3cccc(OCC(O)(C(=O)O)C4CCCC4)c3)CC2)c1. The number of nitrogens with zero attached hydrogens (tertiary/aromatic N) is 1. The Bertz CT molecular complexity index is 1030. The van der Waals surface area contributed by atoms with Gasteiger partial charge in [-0.3, -0.25) is 4.79 Å². The second kappa shape index (κ2) is 11.2. The van der Waals surface area contributed by atoms with Gasteiger partial charge in [-0.25, -0.2) is 4.79 Å². The minimum absolute atomic E-state index is 0.0536. The van der Waals surface area contributed by atoms with Crippen LogP contribution in [-0.2, 0) is 11.3 Å². The van der Waals surface area contributed by atoms with E-state index in [1.165, 1.54) is 11.1 Å². The highest BCUT2D eigenvalue weighted by Crippen LogP contribution is 2.35. The van der Waals surface area contributed by atoms with Crippen LogP contribution in [0, 0.1) is 5.92 Å². The lowest BCUT2D eigenvalue weighted by molar-refractivity contribution is -0.169. The van der Waals surface area contributed by atoms with Gasteiger partial charge in [0, 0.05) is 31.1 Å². The predicted octanol–water partition coefficient (Wildman–Crippen LogP) is 3.81. The summed E-state index contributed by atoms with van der Waals surface area (Å²) in [5.74, 6) is -0.789. The van der Waals surface area contributed by atoms with E-state index in [0.717, 1.165) is 32.2 Å². The molecule has 0 radical (unpaired) electrons. The Balaban J connectivity index is 1.36. The van der Waals surface area contributed by atoms with Crippen LogP contribution in [0.5, 0.6) is 5.75 Å². The summed E-state index contributed by atoms with van der Waals surface area (Å²) in [5.41, 5.74) is 1.19. The van der Waals surface area contributed by atoms with Gasteiger partial charge in [-0.1, -0.05) is 43.2 Å². The third kappa shape index (κ3) is 5.85. The molecule has 188 valence electrons. The van der Waals surface area contributed by atoms with Crippen molar-refractivity contribution < 1.29 is 24.5 Å². The van der Waals surface area contributed by atoms with E-state index in [0.29, 0.717) is 43.2 Å². The average molecular weight is 481 g/mol. The topological polar surface area (TPSA) is 99.1 Å². The van der Waals surface area contributed by atoms with Crippen molar-refractivity contribution in [2.45, 2.75) is 56.6 Å². The molecule has 2 aromatic carbocycles. The molecule has 1 saturated heterocycles. The third-order valence-corrected chi connectivity index (χ3v) is 7.53. The molecule has 1 atom stereocenters. The Hall–Kier alpha value is -2.90. The fourth-order valence-electron chi connectivity index (χ4n) is 5.43. The Morgan fingerprint density at radius 2 is 1.77 bits per heavy atom. The van der Waals surface area contributed by atoms with E-state index in [2.05, 4.69) is 29.6 Å². The van der Waals surface area contributed by atoms with Gasteiger partial charge >= 0.3 is 5.97 Å². The zero-order valence-electron chi connectivity index (χ0n) is 20.4. The number of likely N-dealkylation sites (tertiary alicyclic amines) is 1. The predicted molar refractivity (Wildman–Crippen MR) is 134 cm³/mol. The fraction of sp³-hybridized carbons (Fsp3) is 0.500. The molecule has 2 aromatic rings. The van der Waals surface area contributed by atoms with Gasteiger partial charge < -0.3 is 25.2 Å². The summed E-state index contributed by atoms with van der Waals surface area (Å²) in [6, 6.07) is 15.5. The first-order chi connectivity index (χ1) is 16.9.